The molecule has 120 valence electrons. The van der Waals surface area contributed by atoms with Crippen LogP contribution in [0, 0.1) is 5.92 Å². The van der Waals surface area contributed by atoms with Crippen molar-refractivity contribution in [1.82, 2.24) is 15.3 Å². The van der Waals surface area contributed by atoms with E-state index in [1.165, 1.54) is 6.42 Å². The molecule has 1 saturated carbocycles. The van der Waals surface area contributed by atoms with Crippen LogP contribution in [0.15, 0.2) is 40.8 Å². The third-order valence-corrected chi connectivity index (χ3v) is 4.66. The molecule has 1 aliphatic rings. The molecule has 0 spiro atoms. The van der Waals surface area contributed by atoms with Gasteiger partial charge >= 0.3 is 0 Å². The molecule has 2 unspecified atom stereocenters. The molecule has 4 nitrogen and oxygen atoms in total. The minimum absolute atomic E-state index is 0.664. The Kier molecular flexibility index (Phi) is 3.92. The molecule has 0 bridgehead atoms. The summed E-state index contributed by atoms with van der Waals surface area (Å²) in [6.45, 7) is 4.05. The lowest BCUT2D eigenvalue weighted by atomic mass is 10.3. The molecule has 2 atom stereocenters. The predicted molar refractivity (Wildman–Crippen MR) is 91.4 cm³/mol. The van der Waals surface area contributed by atoms with E-state index in [4.69, 9.17) is 4.42 Å². The normalized spacial score (nSPS) is 20.2. The summed E-state index contributed by atoms with van der Waals surface area (Å²) in [5.41, 5.74) is 2.17. The zero-order valence-corrected chi connectivity index (χ0v) is 13.5. The summed E-state index contributed by atoms with van der Waals surface area (Å²) in [6.07, 6.45) is 3.30. The molecule has 0 amide bonds. The van der Waals surface area contributed by atoms with Crippen molar-refractivity contribution >= 4 is 11.0 Å². The lowest BCUT2D eigenvalue weighted by Crippen LogP contribution is -2.15. The highest BCUT2D eigenvalue weighted by Gasteiger charge is 2.36. The molecule has 2 heterocycles. The maximum atomic E-state index is 5.90. The van der Waals surface area contributed by atoms with E-state index in [0.29, 0.717) is 5.92 Å². The minimum atomic E-state index is 0.664. The zero-order chi connectivity index (χ0) is 15.6. The third kappa shape index (κ3) is 3.32. The van der Waals surface area contributed by atoms with E-state index < -0.39 is 0 Å². The highest BCUT2D eigenvalue weighted by Crippen LogP contribution is 2.47. The smallest absolute Gasteiger partial charge is 0.117 e. The van der Waals surface area contributed by atoms with Gasteiger partial charge in [-0.05, 0) is 49.6 Å². The molecule has 0 saturated heterocycles. The highest BCUT2D eigenvalue weighted by atomic mass is 16.3. The number of nitrogens with zero attached hydrogens (tertiary/aromatic N) is 1. The fraction of sp³-hybridized carbons (Fsp3) is 0.421. The molecule has 4 heteroatoms. The average Bonchev–Trinajstić information content (AvgIpc) is 2.99. The maximum Gasteiger partial charge on any atom is 0.117 e. The van der Waals surface area contributed by atoms with E-state index in [1.54, 1.807) is 0 Å². The van der Waals surface area contributed by atoms with Gasteiger partial charge in [0, 0.05) is 12.3 Å². The lowest BCUT2D eigenvalue weighted by Gasteiger charge is -2.01. The first-order chi connectivity index (χ1) is 11.3. The molecule has 3 aromatic rings. The second-order valence-corrected chi connectivity index (χ2v) is 6.60. The van der Waals surface area contributed by atoms with E-state index in [2.05, 4.69) is 40.4 Å². The summed E-state index contributed by atoms with van der Waals surface area (Å²) in [5.74, 6) is 4.73. The lowest BCUT2D eigenvalue weighted by molar-refractivity contribution is 0.443. The van der Waals surface area contributed by atoms with Crippen molar-refractivity contribution in [3.05, 3.63) is 53.7 Å². The number of aryl methyl sites for hydroxylation is 1. The number of benzene rings is 1. The van der Waals surface area contributed by atoms with Crippen LogP contribution in [0.3, 0.4) is 0 Å². The molecule has 0 aliphatic heterocycles. The first-order valence-electron chi connectivity index (χ1n) is 8.52. The predicted octanol–water partition coefficient (Wildman–Crippen LogP) is 4.00. The van der Waals surface area contributed by atoms with Gasteiger partial charge in [0.15, 0.2) is 0 Å². The molecular weight excluding hydrogens is 286 g/mol. The number of hydrogen-bond acceptors (Lipinski definition) is 3. The van der Waals surface area contributed by atoms with Crippen molar-refractivity contribution in [2.24, 2.45) is 5.92 Å². The van der Waals surface area contributed by atoms with E-state index in [1.807, 2.05) is 18.2 Å². The van der Waals surface area contributed by atoms with Crippen LogP contribution in [0.2, 0.25) is 0 Å². The topological polar surface area (TPSA) is 53.9 Å². The van der Waals surface area contributed by atoms with E-state index >= 15 is 0 Å². The third-order valence-electron chi connectivity index (χ3n) is 4.66. The van der Waals surface area contributed by atoms with Crippen molar-refractivity contribution in [3.8, 4) is 0 Å². The van der Waals surface area contributed by atoms with Gasteiger partial charge in [-0.3, -0.25) is 0 Å². The van der Waals surface area contributed by atoms with Gasteiger partial charge in [-0.1, -0.05) is 19.1 Å². The Hall–Kier alpha value is -2.07. The van der Waals surface area contributed by atoms with Gasteiger partial charge in [-0.2, -0.15) is 0 Å². The first-order valence-corrected chi connectivity index (χ1v) is 8.52. The second-order valence-electron chi connectivity index (χ2n) is 6.60. The number of para-hydroxylation sites is 2. The van der Waals surface area contributed by atoms with Crippen LogP contribution < -0.4 is 5.32 Å². The molecule has 0 radical (unpaired) electrons. The second kappa shape index (κ2) is 6.20. The number of rotatable bonds is 7. The Labute approximate surface area is 136 Å². The van der Waals surface area contributed by atoms with Crippen LogP contribution in [0.4, 0.5) is 0 Å². The largest absolute Gasteiger partial charge is 0.464 e. The summed E-state index contributed by atoms with van der Waals surface area (Å²) < 4.78 is 5.90. The number of H-pyrrole nitrogens is 1. The number of hydrogen-bond donors (Lipinski definition) is 2. The molecule has 1 fully saturated rings. The fourth-order valence-corrected chi connectivity index (χ4v) is 3.12. The summed E-state index contributed by atoms with van der Waals surface area (Å²) in [5, 5.41) is 3.45. The van der Waals surface area contributed by atoms with E-state index in [9.17, 15) is 0 Å². The van der Waals surface area contributed by atoms with Crippen LogP contribution in [-0.2, 0) is 13.0 Å². The van der Waals surface area contributed by atoms with Gasteiger partial charge in [0.25, 0.3) is 0 Å². The number of furan rings is 1. The standard InChI is InChI=1S/C19H23N3O/c1-13-11-15(13)18-9-8-14(23-18)12-20-10-4-7-19-21-16-5-2-3-6-17(16)22-19/h2-3,5-6,8-9,13,15,20H,4,7,10-12H2,1H3,(H,21,22). The Balaban J connectivity index is 1.20. The van der Waals surface area contributed by atoms with Crippen molar-refractivity contribution in [1.29, 1.82) is 0 Å². The summed E-state index contributed by atoms with van der Waals surface area (Å²) in [6, 6.07) is 12.4. The van der Waals surface area contributed by atoms with Gasteiger partial charge in [0.05, 0.1) is 17.6 Å². The van der Waals surface area contributed by atoms with E-state index in [-0.39, 0.29) is 0 Å². The van der Waals surface area contributed by atoms with Crippen LogP contribution in [0.1, 0.15) is 43.0 Å². The van der Waals surface area contributed by atoms with Crippen molar-refractivity contribution in [2.45, 2.75) is 38.6 Å². The summed E-state index contributed by atoms with van der Waals surface area (Å²) in [7, 11) is 0. The quantitative estimate of drug-likeness (QED) is 0.649. The van der Waals surface area contributed by atoms with Gasteiger partial charge in [0.1, 0.15) is 17.3 Å². The number of aromatic nitrogens is 2. The first kappa shape index (κ1) is 14.5. The Bertz CT molecular complexity index is 756. The highest BCUT2D eigenvalue weighted by molar-refractivity contribution is 5.74. The van der Waals surface area contributed by atoms with Crippen LogP contribution in [0.25, 0.3) is 11.0 Å². The van der Waals surface area contributed by atoms with Gasteiger partial charge in [0.2, 0.25) is 0 Å². The minimum Gasteiger partial charge on any atom is -0.464 e. The molecule has 23 heavy (non-hydrogen) atoms. The molecule has 1 aromatic carbocycles. The molecule has 4 rings (SSSR count). The number of aromatic amines is 1. The Morgan fingerprint density at radius 2 is 2.13 bits per heavy atom. The van der Waals surface area contributed by atoms with Crippen LogP contribution >= 0.6 is 0 Å². The Morgan fingerprint density at radius 3 is 2.96 bits per heavy atom. The van der Waals surface area contributed by atoms with Crippen molar-refractivity contribution in [3.63, 3.8) is 0 Å². The number of fused-ring (bicyclic) bond motifs is 1. The van der Waals surface area contributed by atoms with Crippen molar-refractivity contribution in [2.75, 3.05) is 6.54 Å². The fourth-order valence-electron chi connectivity index (χ4n) is 3.12. The maximum absolute atomic E-state index is 5.90. The van der Waals surface area contributed by atoms with E-state index in [0.717, 1.165) is 60.2 Å². The van der Waals surface area contributed by atoms with Crippen LogP contribution in [0.5, 0.6) is 0 Å². The zero-order valence-electron chi connectivity index (χ0n) is 13.5. The van der Waals surface area contributed by atoms with Gasteiger partial charge in [-0.15, -0.1) is 0 Å². The summed E-state index contributed by atoms with van der Waals surface area (Å²) in [4.78, 5) is 7.98. The molecular formula is C19H23N3O. The van der Waals surface area contributed by atoms with Gasteiger partial charge in [-0.25, -0.2) is 4.98 Å². The Morgan fingerprint density at radius 1 is 1.26 bits per heavy atom. The SMILES string of the molecule is CC1CC1c1ccc(CNCCCc2nc3ccccc3[nH]2)o1. The molecule has 2 aromatic heterocycles. The number of imidazole rings is 1. The van der Waals surface area contributed by atoms with Gasteiger partial charge < -0.3 is 14.7 Å². The number of nitrogens with one attached hydrogen (secondary N) is 2. The van der Waals surface area contributed by atoms with Crippen molar-refractivity contribution < 1.29 is 4.42 Å². The summed E-state index contributed by atoms with van der Waals surface area (Å²) >= 11 is 0. The molecule has 1 aliphatic carbocycles. The van der Waals surface area contributed by atoms with Crippen LogP contribution in [-0.4, -0.2) is 16.5 Å². The monoisotopic (exact) mass is 309 g/mol. The molecule has 2 N–H and O–H groups in total. The average molecular weight is 309 g/mol.